The van der Waals surface area contributed by atoms with Crippen molar-refractivity contribution < 1.29 is 23.8 Å². The van der Waals surface area contributed by atoms with Crippen LogP contribution in [0.15, 0.2) is 53.0 Å². The molecule has 0 saturated heterocycles. The normalized spacial score (nSPS) is 11.6. The van der Waals surface area contributed by atoms with E-state index in [9.17, 15) is 14.0 Å². The molecule has 0 aliphatic carbocycles. The van der Waals surface area contributed by atoms with E-state index < -0.39 is 23.9 Å². The summed E-state index contributed by atoms with van der Waals surface area (Å²) in [5.74, 6) is -1.36. The van der Waals surface area contributed by atoms with Crippen LogP contribution >= 0.6 is 15.9 Å². The molecule has 0 heterocycles. The SMILES string of the molecule is O=C(O)CCC(Cc1cc(F)ccc1Br)NC(=O)OCc1ccccc1. The number of carbonyl (C=O) groups is 2. The highest BCUT2D eigenvalue weighted by Crippen LogP contribution is 2.20. The molecule has 0 saturated carbocycles. The van der Waals surface area contributed by atoms with E-state index in [1.165, 1.54) is 12.1 Å². The van der Waals surface area contributed by atoms with E-state index in [2.05, 4.69) is 21.2 Å². The van der Waals surface area contributed by atoms with E-state index in [1.54, 1.807) is 6.07 Å². The number of hydrogen-bond acceptors (Lipinski definition) is 3. The highest BCUT2D eigenvalue weighted by molar-refractivity contribution is 9.10. The van der Waals surface area contributed by atoms with Gasteiger partial charge in [0.05, 0.1) is 0 Å². The molecule has 0 spiro atoms. The smallest absolute Gasteiger partial charge is 0.407 e. The van der Waals surface area contributed by atoms with Crippen LogP contribution in [-0.4, -0.2) is 23.2 Å². The molecule has 2 N–H and O–H groups in total. The molecule has 2 rings (SSSR count). The Labute approximate surface area is 159 Å². The van der Waals surface area contributed by atoms with Gasteiger partial charge in [-0.25, -0.2) is 9.18 Å². The predicted octanol–water partition coefficient (Wildman–Crippen LogP) is 4.29. The molecule has 1 amide bonds. The first kappa shape index (κ1) is 19.9. The van der Waals surface area contributed by atoms with Crippen LogP contribution in [0.3, 0.4) is 0 Å². The van der Waals surface area contributed by atoms with Crippen LogP contribution in [0.5, 0.6) is 0 Å². The molecule has 1 atom stereocenters. The summed E-state index contributed by atoms with van der Waals surface area (Å²) in [5, 5.41) is 11.6. The molecule has 5 nitrogen and oxygen atoms in total. The largest absolute Gasteiger partial charge is 0.481 e. The zero-order valence-corrected chi connectivity index (χ0v) is 15.5. The second-order valence-corrected chi connectivity index (χ2v) is 6.63. The zero-order valence-electron chi connectivity index (χ0n) is 14.0. The number of carbonyl (C=O) groups excluding carboxylic acids is 1. The second kappa shape index (κ2) is 9.91. The van der Waals surface area contributed by atoms with Gasteiger partial charge in [0.15, 0.2) is 0 Å². The van der Waals surface area contributed by atoms with E-state index in [4.69, 9.17) is 9.84 Å². The molecular formula is C19H19BrFNO4. The lowest BCUT2D eigenvalue weighted by molar-refractivity contribution is -0.137. The monoisotopic (exact) mass is 423 g/mol. The molecule has 26 heavy (non-hydrogen) atoms. The minimum absolute atomic E-state index is 0.113. The Kier molecular flexibility index (Phi) is 7.59. The fourth-order valence-electron chi connectivity index (χ4n) is 2.42. The molecule has 2 aromatic carbocycles. The van der Waals surface area contributed by atoms with Crippen LogP contribution in [0.25, 0.3) is 0 Å². The molecule has 0 aliphatic rings. The lowest BCUT2D eigenvalue weighted by Gasteiger charge is -2.19. The minimum Gasteiger partial charge on any atom is -0.481 e. The molecule has 0 radical (unpaired) electrons. The minimum atomic E-state index is -0.965. The first-order valence-corrected chi connectivity index (χ1v) is 8.86. The Morgan fingerprint density at radius 1 is 1.19 bits per heavy atom. The van der Waals surface area contributed by atoms with E-state index in [1.807, 2.05) is 30.3 Å². The maximum Gasteiger partial charge on any atom is 0.407 e. The number of carboxylic acid groups (broad SMARTS) is 1. The van der Waals surface area contributed by atoms with Crippen molar-refractivity contribution in [1.29, 1.82) is 0 Å². The highest BCUT2D eigenvalue weighted by atomic mass is 79.9. The van der Waals surface area contributed by atoms with Gasteiger partial charge in [-0.1, -0.05) is 46.3 Å². The van der Waals surface area contributed by atoms with Gasteiger partial charge in [-0.15, -0.1) is 0 Å². The summed E-state index contributed by atoms with van der Waals surface area (Å²) in [6.45, 7) is 0.113. The Bertz CT molecular complexity index is 754. The third-order valence-electron chi connectivity index (χ3n) is 3.72. The fourth-order valence-corrected chi connectivity index (χ4v) is 2.83. The number of aliphatic carboxylic acids is 1. The number of hydrogen-bond donors (Lipinski definition) is 2. The molecule has 0 aromatic heterocycles. The van der Waals surface area contributed by atoms with Gasteiger partial charge >= 0.3 is 12.1 Å². The zero-order chi connectivity index (χ0) is 18.9. The molecule has 0 bridgehead atoms. The van der Waals surface area contributed by atoms with Crippen molar-refractivity contribution in [3.63, 3.8) is 0 Å². The average Bonchev–Trinajstić information content (AvgIpc) is 2.62. The van der Waals surface area contributed by atoms with Gasteiger partial charge in [0.1, 0.15) is 12.4 Å². The number of ether oxygens (including phenoxy) is 1. The maximum absolute atomic E-state index is 13.5. The van der Waals surface area contributed by atoms with Gasteiger partial charge < -0.3 is 15.2 Å². The third kappa shape index (κ3) is 6.84. The van der Waals surface area contributed by atoms with E-state index in [0.29, 0.717) is 10.0 Å². The topological polar surface area (TPSA) is 75.6 Å². The number of nitrogens with one attached hydrogen (secondary N) is 1. The number of carboxylic acids is 1. The van der Waals surface area contributed by atoms with E-state index in [0.717, 1.165) is 5.56 Å². The molecule has 2 aromatic rings. The van der Waals surface area contributed by atoms with Crippen LogP contribution in [0.2, 0.25) is 0 Å². The van der Waals surface area contributed by atoms with Crippen molar-refractivity contribution >= 4 is 28.0 Å². The van der Waals surface area contributed by atoms with E-state index >= 15 is 0 Å². The van der Waals surface area contributed by atoms with Gasteiger partial charge in [0.25, 0.3) is 0 Å². The summed E-state index contributed by atoms with van der Waals surface area (Å²) in [6, 6.07) is 13.0. The second-order valence-electron chi connectivity index (χ2n) is 5.78. The first-order chi connectivity index (χ1) is 12.4. The summed E-state index contributed by atoms with van der Waals surface area (Å²) in [7, 11) is 0. The van der Waals surface area contributed by atoms with Crippen LogP contribution < -0.4 is 5.32 Å². The lowest BCUT2D eigenvalue weighted by atomic mass is 10.0. The predicted molar refractivity (Wildman–Crippen MR) is 98.2 cm³/mol. The van der Waals surface area contributed by atoms with Crippen LogP contribution in [0, 0.1) is 5.82 Å². The lowest BCUT2D eigenvalue weighted by Crippen LogP contribution is -2.37. The van der Waals surface area contributed by atoms with Crippen molar-refractivity contribution in [2.24, 2.45) is 0 Å². The summed E-state index contributed by atoms with van der Waals surface area (Å²) in [5.41, 5.74) is 1.49. The third-order valence-corrected chi connectivity index (χ3v) is 4.49. The number of halogens is 2. The summed E-state index contributed by atoms with van der Waals surface area (Å²) in [6.07, 6.45) is -0.266. The first-order valence-electron chi connectivity index (χ1n) is 8.07. The van der Waals surface area contributed by atoms with Crippen LogP contribution in [0.1, 0.15) is 24.0 Å². The Morgan fingerprint density at radius 2 is 1.92 bits per heavy atom. The Hall–Kier alpha value is -2.41. The number of benzene rings is 2. The molecule has 0 aliphatic heterocycles. The Morgan fingerprint density at radius 3 is 2.62 bits per heavy atom. The van der Waals surface area contributed by atoms with Crippen molar-refractivity contribution in [3.05, 3.63) is 69.9 Å². The van der Waals surface area contributed by atoms with Gasteiger partial charge in [-0.3, -0.25) is 4.79 Å². The summed E-state index contributed by atoms with van der Waals surface area (Å²) >= 11 is 3.34. The quantitative estimate of drug-likeness (QED) is 0.663. The van der Waals surface area contributed by atoms with Gasteiger partial charge in [-0.05, 0) is 42.2 Å². The standard InChI is InChI=1S/C19H19BrFNO4/c20-17-8-6-15(21)10-14(17)11-16(7-9-18(23)24)22-19(25)26-12-13-4-2-1-3-5-13/h1-6,8,10,16H,7,9,11-12H2,(H,22,25)(H,23,24). The maximum atomic E-state index is 13.5. The summed E-state index contributed by atoms with van der Waals surface area (Å²) in [4.78, 5) is 22.9. The number of amides is 1. The van der Waals surface area contributed by atoms with Crippen molar-refractivity contribution in [1.82, 2.24) is 5.32 Å². The van der Waals surface area contributed by atoms with Crippen molar-refractivity contribution in [2.75, 3.05) is 0 Å². The molecular weight excluding hydrogens is 405 g/mol. The van der Waals surface area contributed by atoms with Gasteiger partial charge in [0, 0.05) is 16.9 Å². The van der Waals surface area contributed by atoms with Crippen LogP contribution in [0.4, 0.5) is 9.18 Å². The number of alkyl carbamates (subject to hydrolysis) is 1. The molecule has 0 fully saturated rings. The Balaban J connectivity index is 1.98. The van der Waals surface area contributed by atoms with Gasteiger partial charge in [0.2, 0.25) is 0 Å². The van der Waals surface area contributed by atoms with Crippen LogP contribution in [-0.2, 0) is 22.6 Å². The van der Waals surface area contributed by atoms with Crippen molar-refractivity contribution in [3.8, 4) is 0 Å². The van der Waals surface area contributed by atoms with Crippen molar-refractivity contribution in [2.45, 2.75) is 31.9 Å². The number of rotatable bonds is 8. The molecule has 7 heteroatoms. The highest BCUT2D eigenvalue weighted by Gasteiger charge is 2.17. The average molecular weight is 424 g/mol. The van der Waals surface area contributed by atoms with E-state index in [-0.39, 0.29) is 25.9 Å². The molecule has 138 valence electrons. The fraction of sp³-hybridized carbons (Fsp3) is 0.263. The summed E-state index contributed by atoms with van der Waals surface area (Å²) < 4.78 is 19.3. The molecule has 1 unspecified atom stereocenters. The van der Waals surface area contributed by atoms with Gasteiger partial charge in [-0.2, -0.15) is 0 Å².